The molecule has 0 saturated carbocycles. The largest absolute Gasteiger partial charge is 0.495 e. The van der Waals surface area contributed by atoms with Crippen molar-refractivity contribution in [1.29, 1.82) is 0 Å². The van der Waals surface area contributed by atoms with Crippen molar-refractivity contribution < 1.29 is 14.6 Å². The molecule has 0 radical (unpaired) electrons. The van der Waals surface area contributed by atoms with Crippen molar-refractivity contribution >= 4 is 11.7 Å². The topological polar surface area (TPSA) is 73.8 Å². The maximum atomic E-state index is 12.3. The number of carbonyl (C=O) groups is 1. The fraction of sp³-hybridized carbons (Fsp3) is 0.350. The van der Waals surface area contributed by atoms with E-state index in [-0.39, 0.29) is 11.9 Å². The van der Waals surface area contributed by atoms with Gasteiger partial charge in [0.05, 0.1) is 18.9 Å². The molecule has 2 aromatic rings. The van der Waals surface area contributed by atoms with Crippen LogP contribution < -0.4 is 15.4 Å². The summed E-state index contributed by atoms with van der Waals surface area (Å²) in [5.41, 5.74) is 1.44. The third kappa shape index (κ3) is 5.75. The maximum Gasteiger partial charge on any atom is 0.319 e. The highest BCUT2D eigenvalue weighted by molar-refractivity contribution is 5.90. The number of nitrogens with zero attached hydrogens (tertiary/aromatic N) is 1. The van der Waals surface area contributed by atoms with Crippen molar-refractivity contribution in [2.45, 2.75) is 6.10 Å². The number of methoxy groups -OCH3 is 1. The van der Waals surface area contributed by atoms with Crippen molar-refractivity contribution in [3.8, 4) is 5.75 Å². The summed E-state index contributed by atoms with van der Waals surface area (Å²) in [6.07, 6.45) is -0.662. The van der Waals surface area contributed by atoms with E-state index in [2.05, 4.69) is 10.6 Å². The average molecular weight is 357 g/mol. The number of para-hydroxylation sites is 2. The van der Waals surface area contributed by atoms with Crippen LogP contribution >= 0.6 is 0 Å². The molecule has 0 aliphatic heterocycles. The van der Waals surface area contributed by atoms with Crippen LogP contribution in [0.4, 0.5) is 10.5 Å². The van der Waals surface area contributed by atoms with Crippen molar-refractivity contribution in [3.63, 3.8) is 0 Å². The predicted molar refractivity (Wildman–Crippen MR) is 103 cm³/mol. The molecule has 0 aromatic heterocycles. The Hall–Kier alpha value is -2.57. The lowest BCUT2D eigenvalue weighted by atomic mass is 9.95. The minimum Gasteiger partial charge on any atom is -0.495 e. The van der Waals surface area contributed by atoms with E-state index < -0.39 is 6.10 Å². The first-order valence-electron chi connectivity index (χ1n) is 8.57. The summed E-state index contributed by atoms with van der Waals surface area (Å²) in [5, 5.41) is 16.3. The smallest absolute Gasteiger partial charge is 0.319 e. The van der Waals surface area contributed by atoms with Gasteiger partial charge in [-0.25, -0.2) is 4.79 Å². The van der Waals surface area contributed by atoms with Gasteiger partial charge >= 0.3 is 6.03 Å². The summed E-state index contributed by atoms with van der Waals surface area (Å²) in [7, 11) is 5.45. The van der Waals surface area contributed by atoms with Gasteiger partial charge < -0.3 is 25.4 Å². The molecular formula is C20H27N3O3. The lowest BCUT2D eigenvalue weighted by Crippen LogP contribution is -2.39. The minimum atomic E-state index is -0.662. The van der Waals surface area contributed by atoms with Gasteiger partial charge in [0.25, 0.3) is 0 Å². The Morgan fingerprint density at radius 3 is 2.42 bits per heavy atom. The predicted octanol–water partition coefficient (Wildman–Crippen LogP) is 2.73. The van der Waals surface area contributed by atoms with Gasteiger partial charge in [0.1, 0.15) is 5.75 Å². The highest BCUT2D eigenvalue weighted by Crippen LogP contribution is 2.24. The van der Waals surface area contributed by atoms with Crippen LogP contribution in [0.5, 0.6) is 5.75 Å². The number of ether oxygens (including phenoxy) is 1. The second-order valence-corrected chi connectivity index (χ2v) is 6.41. The summed E-state index contributed by atoms with van der Waals surface area (Å²) < 4.78 is 5.23. The van der Waals surface area contributed by atoms with E-state index in [9.17, 15) is 9.90 Å². The van der Waals surface area contributed by atoms with Gasteiger partial charge in [-0.2, -0.15) is 0 Å². The normalized spacial score (nSPS) is 13.1. The number of nitrogens with one attached hydrogen (secondary N) is 2. The maximum absolute atomic E-state index is 12.3. The first-order chi connectivity index (χ1) is 12.5. The van der Waals surface area contributed by atoms with Crippen molar-refractivity contribution in [1.82, 2.24) is 10.2 Å². The number of benzene rings is 2. The summed E-state index contributed by atoms with van der Waals surface area (Å²) in [4.78, 5) is 14.3. The lowest BCUT2D eigenvalue weighted by Gasteiger charge is -2.26. The molecule has 0 spiro atoms. The van der Waals surface area contributed by atoms with Crippen LogP contribution in [0, 0.1) is 5.92 Å². The van der Waals surface area contributed by atoms with Gasteiger partial charge in [0.2, 0.25) is 0 Å². The number of aliphatic hydroxyl groups excluding tert-OH is 1. The third-order valence-electron chi connectivity index (χ3n) is 4.07. The molecular weight excluding hydrogens is 330 g/mol. The Kier molecular flexibility index (Phi) is 7.44. The quantitative estimate of drug-likeness (QED) is 0.679. The van der Waals surface area contributed by atoms with E-state index in [1.54, 1.807) is 19.2 Å². The first kappa shape index (κ1) is 19.8. The zero-order chi connectivity index (χ0) is 18.9. The second kappa shape index (κ2) is 9.79. The van der Waals surface area contributed by atoms with Gasteiger partial charge in [-0.1, -0.05) is 42.5 Å². The van der Waals surface area contributed by atoms with Crippen molar-refractivity contribution in [3.05, 3.63) is 60.2 Å². The molecule has 2 amide bonds. The number of aliphatic hydroxyl groups is 1. The molecule has 0 bridgehead atoms. The van der Waals surface area contributed by atoms with E-state index in [4.69, 9.17) is 4.74 Å². The molecule has 6 nitrogen and oxygen atoms in total. The van der Waals surface area contributed by atoms with Crippen LogP contribution in [-0.4, -0.2) is 50.3 Å². The third-order valence-corrected chi connectivity index (χ3v) is 4.07. The summed E-state index contributed by atoms with van der Waals surface area (Å²) in [6.45, 7) is 0.986. The zero-order valence-electron chi connectivity index (χ0n) is 15.5. The number of amides is 2. The highest BCUT2D eigenvalue weighted by atomic mass is 16.5. The number of rotatable bonds is 8. The van der Waals surface area contributed by atoms with E-state index in [1.165, 1.54) is 0 Å². The molecule has 0 heterocycles. The molecule has 0 saturated heterocycles. The molecule has 2 rings (SSSR count). The van der Waals surface area contributed by atoms with Crippen LogP contribution in [0.15, 0.2) is 54.6 Å². The Morgan fingerprint density at radius 1 is 1.12 bits per heavy atom. The van der Waals surface area contributed by atoms with Gasteiger partial charge in [0, 0.05) is 19.0 Å². The number of anilines is 1. The molecule has 26 heavy (non-hydrogen) atoms. The van der Waals surface area contributed by atoms with Crippen LogP contribution in [0.2, 0.25) is 0 Å². The average Bonchev–Trinajstić information content (AvgIpc) is 2.65. The Bertz CT molecular complexity index is 692. The molecule has 0 fully saturated rings. The van der Waals surface area contributed by atoms with E-state index in [0.29, 0.717) is 24.5 Å². The van der Waals surface area contributed by atoms with E-state index >= 15 is 0 Å². The summed E-state index contributed by atoms with van der Waals surface area (Å²) >= 11 is 0. The van der Waals surface area contributed by atoms with E-state index in [0.717, 1.165) is 5.56 Å². The minimum absolute atomic E-state index is 0.143. The highest BCUT2D eigenvalue weighted by Gasteiger charge is 2.22. The Labute approximate surface area is 154 Å². The van der Waals surface area contributed by atoms with Crippen LogP contribution in [-0.2, 0) is 0 Å². The van der Waals surface area contributed by atoms with Crippen LogP contribution in [0.3, 0.4) is 0 Å². The number of urea groups is 1. The molecule has 2 atom stereocenters. The molecule has 2 aromatic carbocycles. The number of hydrogen-bond acceptors (Lipinski definition) is 4. The van der Waals surface area contributed by atoms with Crippen molar-refractivity contribution in [2.75, 3.05) is 39.6 Å². The Balaban J connectivity index is 1.99. The fourth-order valence-corrected chi connectivity index (χ4v) is 2.81. The molecule has 3 N–H and O–H groups in total. The second-order valence-electron chi connectivity index (χ2n) is 6.41. The molecule has 0 aliphatic carbocycles. The monoisotopic (exact) mass is 357 g/mol. The Morgan fingerprint density at radius 2 is 1.77 bits per heavy atom. The van der Waals surface area contributed by atoms with Gasteiger partial charge in [-0.05, 0) is 31.8 Å². The fourth-order valence-electron chi connectivity index (χ4n) is 2.81. The molecule has 6 heteroatoms. The molecule has 0 unspecified atom stereocenters. The zero-order valence-corrected chi connectivity index (χ0v) is 15.5. The summed E-state index contributed by atoms with van der Waals surface area (Å²) in [5.74, 6) is 0.452. The van der Waals surface area contributed by atoms with Gasteiger partial charge in [0.15, 0.2) is 0 Å². The van der Waals surface area contributed by atoms with Crippen LogP contribution in [0.1, 0.15) is 11.7 Å². The van der Waals surface area contributed by atoms with Gasteiger partial charge in [-0.3, -0.25) is 0 Å². The molecule has 140 valence electrons. The van der Waals surface area contributed by atoms with Gasteiger partial charge in [-0.15, -0.1) is 0 Å². The summed E-state index contributed by atoms with van der Waals surface area (Å²) in [6, 6.07) is 16.4. The molecule has 0 aliphatic rings. The number of carbonyl (C=O) groups excluding carboxylic acids is 1. The van der Waals surface area contributed by atoms with E-state index in [1.807, 2.05) is 61.5 Å². The SMILES string of the molecule is COc1ccccc1NC(=O)NC[C@H](CN(C)C)[C@@H](O)c1ccccc1. The standard InChI is InChI=1S/C20H27N3O3/c1-23(2)14-16(19(24)15-9-5-4-6-10-15)13-21-20(25)22-17-11-7-8-12-18(17)26-3/h4-12,16,19,24H,13-14H2,1-3H3,(H2,21,22,25)/t16-,19+/m1/s1. The first-order valence-corrected chi connectivity index (χ1v) is 8.57. The lowest BCUT2D eigenvalue weighted by molar-refractivity contribution is 0.0911. The van der Waals surface area contributed by atoms with Crippen LogP contribution in [0.25, 0.3) is 0 Å². The van der Waals surface area contributed by atoms with Crippen molar-refractivity contribution in [2.24, 2.45) is 5.92 Å². The number of hydrogen-bond donors (Lipinski definition) is 3.